The fraction of sp³-hybridized carbons (Fsp3) is 0.364. The highest BCUT2D eigenvalue weighted by Crippen LogP contribution is 2.24. The highest BCUT2D eigenvalue weighted by molar-refractivity contribution is 5.18. The highest BCUT2D eigenvalue weighted by atomic mass is 15.2. The van der Waals surface area contributed by atoms with Crippen molar-refractivity contribution in [2.75, 3.05) is 0 Å². The molecule has 0 N–H and O–H groups in total. The molecule has 2 rings (SSSR count). The first-order valence-corrected chi connectivity index (χ1v) is 8.83. The second-order valence-corrected chi connectivity index (χ2v) is 6.94. The van der Waals surface area contributed by atoms with Gasteiger partial charge in [0, 0.05) is 0 Å². The Balaban J connectivity index is 2.02. The quantitative estimate of drug-likeness (QED) is 0.612. The number of aryl methyl sites for hydroxylation is 2. The van der Waals surface area contributed by atoms with E-state index in [0.29, 0.717) is 12.8 Å². The van der Waals surface area contributed by atoms with Gasteiger partial charge in [0.05, 0.1) is 12.1 Å². The lowest BCUT2D eigenvalue weighted by Gasteiger charge is -2.19. The Labute approximate surface area is 155 Å². The van der Waals surface area contributed by atoms with Crippen LogP contribution in [0.1, 0.15) is 37.8 Å². The van der Waals surface area contributed by atoms with Gasteiger partial charge in [-0.05, 0) is 50.7 Å². The Morgan fingerprint density at radius 2 is 1.04 bits per heavy atom. The zero-order valence-corrected chi connectivity index (χ0v) is 15.4. The summed E-state index contributed by atoms with van der Waals surface area (Å²) in [6.07, 6.45) is 2.63. The maximum Gasteiger partial charge on any atom is 0.165 e. The highest BCUT2D eigenvalue weighted by Gasteiger charge is 2.28. The zero-order valence-electron chi connectivity index (χ0n) is 15.4. The molecule has 2 aromatic rings. The van der Waals surface area contributed by atoms with Crippen molar-refractivity contribution in [3.05, 3.63) is 71.8 Å². The molecule has 132 valence electrons. The molecule has 4 nitrogen and oxygen atoms in total. The second-order valence-electron chi connectivity index (χ2n) is 6.94. The Kier molecular flexibility index (Phi) is 6.64. The number of azo groups is 1. The molecule has 0 aliphatic rings. The number of rotatable bonds is 8. The molecule has 2 unspecified atom stereocenters. The summed E-state index contributed by atoms with van der Waals surface area (Å²) in [5.41, 5.74) is 0.467. The molecule has 0 saturated heterocycles. The largest absolute Gasteiger partial charge is 0.196 e. The minimum absolute atomic E-state index is 0.567. The van der Waals surface area contributed by atoms with Gasteiger partial charge in [-0.15, -0.1) is 0 Å². The van der Waals surface area contributed by atoms with Crippen LogP contribution in [-0.4, -0.2) is 11.1 Å². The molecule has 0 radical (unpaired) electrons. The van der Waals surface area contributed by atoms with Crippen molar-refractivity contribution < 1.29 is 0 Å². The van der Waals surface area contributed by atoms with Crippen LogP contribution in [0.3, 0.4) is 0 Å². The summed E-state index contributed by atoms with van der Waals surface area (Å²) in [5.74, 6) is 0. The van der Waals surface area contributed by atoms with Crippen LogP contribution in [0.25, 0.3) is 0 Å². The van der Waals surface area contributed by atoms with Gasteiger partial charge in [-0.3, -0.25) is 0 Å². The Bertz CT molecular complexity index is 732. The average Bonchev–Trinajstić information content (AvgIpc) is 2.71. The van der Waals surface area contributed by atoms with E-state index in [2.05, 4.69) is 22.4 Å². The summed E-state index contributed by atoms with van der Waals surface area (Å²) in [7, 11) is 0. The van der Waals surface area contributed by atoms with Gasteiger partial charge in [-0.1, -0.05) is 60.7 Å². The molecule has 4 heteroatoms. The normalized spacial score (nSPS) is 15.5. The summed E-state index contributed by atoms with van der Waals surface area (Å²) in [6.45, 7) is 3.54. The molecule has 2 aromatic carbocycles. The summed E-state index contributed by atoms with van der Waals surface area (Å²) in [5, 5.41) is 27.7. The number of nitrogens with zero attached hydrogens (tertiary/aromatic N) is 4. The number of nitriles is 2. The molecular weight excluding hydrogens is 320 g/mol. The Hall–Kier alpha value is -2.98. The third-order valence-corrected chi connectivity index (χ3v) is 4.46. The zero-order chi connectivity index (χ0) is 18.9. The van der Waals surface area contributed by atoms with Crippen LogP contribution in [0.4, 0.5) is 0 Å². The standard InChI is InChI=1S/C22H24N4/c1-21(17-23,15-13-19-9-5-3-6-10-19)25-26-22(2,18-24)16-14-20-11-7-4-8-12-20/h3-12H,13-16H2,1-2H3. The van der Waals surface area contributed by atoms with Gasteiger partial charge in [-0.25, -0.2) is 0 Å². The minimum Gasteiger partial charge on any atom is -0.196 e. The van der Waals surface area contributed by atoms with Gasteiger partial charge in [0.15, 0.2) is 11.1 Å². The fourth-order valence-corrected chi connectivity index (χ4v) is 2.54. The number of benzene rings is 2. The van der Waals surface area contributed by atoms with Crippen molar-refractivity contribution in [3.63, 3.8) is 0 Å². The summed E-state index contributed by atoms with van der Waals surface area (Å²) in [6, 6.07) is 24.5. The van der Waals surface area contributed by atoms with E-state index in [1.807, 2.05) is 60.7 Å². The van der Waals surface area contributed by atoms with E-state index >= 15 is 0 Å². The maximum atomic E-state index is 9.55. The third kappa shape index (κ3) is 5.83. The number of hydrogen-bond donors (Lipinski definition) is 0. The molecule has 0 bridgehead atoms. The molecule has 0 fully saturated rings. The van der Waals surface area contributed by atoms with Crippen LogP contribution in [0, 0.1) is 22.7 Å². The lowest BCUT2D eigenvalue weighted by molar-refractivity contribution is 0.451. The first-order chi connectivity index (χ1) is 12.5. The van der Waals surface area contributed by atoms with Gasteiger partial charge < -0.3 is 0 Å². The smallest absolute Gasteiger partial charge is 0.165 e. The van der Waals surface area contributed by atoms with Crippen LogP contribution < -0.4 is 0 Å². The van der Waals surface area contributed by atoms with E-state index in [9.17, 15) is 10.5 Å². The molecular formula is C22H24N4. The van der Waals surface area contributed by atoms with Crippen LogP contribution in [-0.2, 0) is 12.8 Å². The molecule has 2 atom stereocenters. The molecule has 26 heavy (non-hydrogen) atoms. The predicted octanol–water partition coefficient (Wildman–Crippen LogP) is 5.27. The van der Waals surface area contributed by atoms with Crippen molar-refractivity contribution in [3.8, 4) is 12.1 Å². The first-order valence-electron chi connectivity index (χ1n) is 8.83. The van der Waals surface area contributed by atoms with E-state index < -0.39 is 11.1 Å². The van der Waals surface area contributed by atoms with Gasteiger partial charge >= 0.3 is 0 Å². The van der Waals surface area contributed by atoms with Crippen LogP contribution in [0.2, 0.25) is 0 Å². The predicted molar refractivity (Wildman–Crippen MR) is 102 cm³/mol. The monoisotopic (exact) mass is 344 g/mol. The summed E-state index contributed by atoms with van der Waals surface area (Å²) >= 11 is 0. The average molecular weight is 344 g/mol. The van der Waals surface area contributed by atoms with Crippen molar-refractivity contribution in [2.45, 2.75) is 50.6 Å². The lowest BCUT2D eigenvalue weighted by atomic mass is 9.94. The SMILES string of the molecule is CC(C#N)(CCc1ccccc1)N=NC(C)(C#N)CCc1ccccc1. The Morgan fingerprint density at radius 1 is 0.692 bits per heavy atom. The van der Waals surface area contributed by atoms with Crippen LogP contribution in [0.15, 0.2) is 70.9 Å². The topological polar surface area (TPSA) is 72.3 Å². The molecule has 0 aliphatic carbocycles. The van der Waals surface area contributed by atoms with Gasteiger partial charge in [0.25, 0.3) is 0 Å². The molecule has 0 spiro atoms. The Morgan fingerprint density at radius 3 is 1.35 bits per heavy atom. The van der Waals surface area contributed by atoms with E-state index in [0.717, 1.165) is 24.0 Å². The van der Waals surface area contributed by atoms with Crippen LogP contribution in [0.5, 0.6) is 0 Å². The first kappa shape index (κ1) is 19.3. The van der Waals surface area contributed by atoms with E-state index in [1.165, 1.54) is 0 Å². The van der Waals surface area contributed by atoms with E-state index in [4.69, 9.17) is 0 Å². The molecule has 0 aliphatic heterocycles. The number of hydrogen-bond acceptors (Lipinski definition) is 4. The van der Waals surface area contributed by atoms with Gasteiger partial charge in [-0.2, -0.15) is 20.8 Å². The molecule has 0 saturated carbocycles. The van der Waals surface area contributed by atoms with Crippen molar-refractivity contribution >= 4 is 0 Å². The van der Waals surface area contributed by atoms with E-state index in [1.54, 1.807) is 13.8 Å². The fourth-order valence-electron chi connectivity index (χ4n) is 2.54. The molecule has 0 amide bonds. The maximum absolute atomic E-state index is 9.55. The summed E-state index contributed by atoms with van der Waals surface area (Å²) in [4.78, 5) is 0. The van der Waals surface area contributed by atoms with Gasteiger partial charge in [0.2, 0.25) is 0 Å². The summed E-state index contributed by atoms with van der Waals surface area (Å²) < 4.78 is 0. The van der Waals surface area contributed by atoms with Crippen molar-refractivity contribution in [1.82, 2.24) is 0 Å². The third-order valence-electron chi connectivity index (χ3n) is 4.46. The van der Waals surface area contributed by atoms with Gasteiger partial charge in [0.1, 0.15) is 0 Å². The van der Waals surface area contributed by atoms with Crippen molar-refractivity contribution in [2.24, 2.45) is 10.2 Å². The van der Waals surface area contributed by atoms with Crippen LogP contribution >= 0.6 is 0 Å². The molecule has 0 heterocycles. The van der Waals surface area contributed by atoms with E-state index in [-0.39, 0.29) is 0 Å². The van der Waals surface area contributed by atoms with Crippen molar-refractivity contribution in [1.29, 1.82) is 10.5 Å². The lowest BCUT2D eigenvalue weighted by Crippen LogP contribution is -2.24. The second kappa shape index (κ2) is 8.92. The minimum atomic E-state index is -0.930. The molecule has 0 aromatic heterocycles.